The second kappa shape index (κ2) is 5.75. The molecule has 0 aliphatic heterocycles. The molecule has 1 aromatic heterocycles. The Hall–Kier alpha value is -2.68. The van der Waals surface area contributed by atoms with Crippen molar-refractivity contribution in [1.29, 1.82) is 0 Å². The van der Waals surface area contributed by atoms with Crippen molar-refractivity contribution in [2.45, 2.75) is 6.92 Å². The Labute approximate surface area is 124 Å². The van der Waals surface area contributed by atoms with Gasteiger partial charge in [-0.05, 0) is 43.3 Å². The molecule has 0 fully saturated rings. The highest BCUT2D eigenvalue weighted by Gasteiger charge is 2.04. The van der Waals surface area contributed by atoms with Gasteiger partial charge < -0.3 is 4.74 Å². The zero-order valence-corrected chi connectivity index (χ0v) is 12.1. The van der Waals surface area contributed by atoms with Crippen LogP contribution in [0.3, 0.4) is 0 Å². The van der Waals surface area contributed by atoms with Crippen LogP contribution >= 0.6 is 0 Å². The lowest BCUT2D eigenvalue weighted by atomic mass is 10.1. The molecule has 21 heavy (non-hydrogen) atoms. The van der Waals surface area contributed by atoms with Gasteiger partial charge in [-0.3, -0.25) is 0 Å². The average Bonchev–Trinajstić information content (AvgIpc) is 2.55. The number of hydrogen-bond donors (Lipinski definition) is 0. The number of aryl methyl sites for hydroxylation is 1. The van der Waals surface area contributed by atoms with Crippen LogP contribution in [-0.2, 0) is 0 Å². The molecule has 104 valence electrons. The zero-order valence-electron chi connectivity index (χ0n) is 12.1. The molecule has 3 rings (SSSR count). The lowest BCUT2D eigenvalue weighted by Gasteiger charge is -2.06. The molecule has 2 aromatic carbocycles. The van der Waals surface area contributed by atoms with Gasteiger partial charge in [0.05, 0.1) is 18.5 Å². The summed E-state index contributed by atoms with van der Waals surface area (Å²) in [5.41, 5.74) is 5.21. The van der Waals surface area contributed by atoms with Crippen LogP contribution in [0, 0.1) is 6.92 Å². The summed E-state index contributed by atoms with van der Waals surface area (Å²) in [4.78, 5) is 8.74. The van der Waals surface area contributed by atoms with Gasteiger partial charge in [-0.2, -0.15) is 0 Å². The molecule has 1 heterocycles. The summed E-state index contributed by atoms with van der Waals surface area (Å²) in [7, 11) is 1.66. The molecule has 0 amide bonds. The Morgan fingerprint density at radius 1 is 0.810 bits per heavy atom. The van der Waals surface area contributed by atoms with Crippen LogP contribution < -0.4 is 4.74 Å². The molecule has 0 unspecified atom stereocenters. The molecule has 3 nitrogen and oxygen atoms in total. The summed E-state index contributed by atoms with van der Waals surface area (Å²) < 4.78 is 5.18. The highest BCUT2D eigenvalue weighted by molar-refractivity contribution is 5.68. The normalized spacial score (nSPS) is 10.4. The monoisotopic (exact) mass is 276 g/mol. The van der Waals surface area contributed by atoms with Crippen molar-refractivity contribution in [3.8, 4) is 28.3 Å². The fourth-order valence-corrected chi connectivity index (χ4v) is 2.24. The molecule has 0 bridgehead atoms. The smallest absolute Gasteiger partial charge is 0.118 e. The topological polar surface area (TPSA) is 35.0 Å². The fourth-order valence-electron chi connectivity index (χ4n) is 2.24. The van der Waals surface area contributed by atoms with Gasteiger partial charge in [-0.1, -0.05) is 23.8 Å². The first-order chi connectivity index (χ1) is 10.3. The highest BCUT2D eigenvalue weighted by Crippen LogP contribution is 2.24. The predicted molar refractivity (Wildman–Crippen MR) is 84.2 cm³/mol. The van der Waals surface area contributed by atoms with E-state index < -0.39 is 0 Å². The van der Waals surface area contributed by atoms with E-state index in [0.717, 1.165) is 28.3 Å². The maximum Gasteiger partial charge on any atom is 0.118 e. The molecule has 0 atom stereocenters. The Kier molecular flexibility index (Phi) is 3.65. The molecule has 0 radical (unpaired) electrons. The number of ether oxygens (including phenoxy) is 1. The van der Waals surface area contributed by atoms with Gasteiger partial charge in [-0.25, -0.2) is 9.97 Å². The first-order valence-corrected chi connectivity index (χ1v) is 6.80. The van der Waals surface area contributed by atoms with Gasteiger partial charge in [0.25, 0.3) is 0 Å². The van der Waals surface area contributed by atoms with E-state index in [9.17, 15) is 0 Å². The maximum atomic E-state index is 5.18. The van der Waals surface area contributed by atoms with Gasteiger partial charge in [0.2, 0.25) is 0 Å². The molecule has 3 heteroatoms. The molecule has 0 spiro atoms. The molecular formula is C18H16N2O. The standard InChI is InChI=1S/C18H16N2O/c1-13-4-3-5-15(10-13)18-11-17(19-12-20-18)14-6-8-16(21-2)9-7-14/h3-12H,1-2H3. The van der Waals surface area contributed by atoms with Gasteiger partial charge in [0, 0.05) is 11.1 Å². The van der Waals surface area contributed by atoms with E-state index in [4.69, 9.17) is 4.74 Å². The quantitative estimate of drug-likeness (QED) is 0.721. The van der Waals surface area contributed by atoms with E-state index in [2.05, 4.69) is 35.1 Å². The minimum absolute atomic E-state index is 0.840. The van der Waals surface area contributed by atoms with E-state index in [1.807, 2.05) is 36.4 Å². The van der Waals surface area contributed by atoms with Crippen molar-refractivity contribution in [1.82, 2.24) is 9.97 Å². The maximum absolute atomic E-state index is 5.18. The van der Waals surface area contributed by atoms with E-state index in [1.54, 1.807) is 13.4 Å². The molecular weight excluding hydrogens is 260 g/mol. The predicted octanol–water partition coefficient (Wildman–Crippen LogP) is 4.13. The third kappa shape index (κ3) is 2.92. The summed E-state index contributed by atoms with van der Waals surface area (Å²) >= 11 is 0. The molecule has 0 saturated heterocycles. The Balaban J connectivity index is 1.99. The van der Waals surface area contributed by atoms with E-state index >= 15 is 0 Å². The van der Waals surface area contributed by atoms with Crippen molar-refractivity contribution >= 4 is 0 Å². The van der Waals surface area contributed by atoms with Crippen molar-refractivity contribution in [3.05, 3.63) is 66.5 Å². The summed E-state index contributed by atoms with van der Waals surface area (Å²) in [6.45, 7) is 2.08. The molecule has 0 saturated carbocycles. The third-order valence-electron chi connectivity index (χ3n) is 3.37. The van der Waals surface area contributed by atoms with Crippen LogP contribution in [0.2, 0.25) is 0 Å². The van der Waals surface area contributed by atoms with Gasteiger partial charge in [0.1, 0.15) is 12.1 Å². The van der Waals surface area contributed by atoms with Crippen molar-refractivity contribution in [2.24, 2.45) is 0 Å². The third-order valence-corrected chi connectivity index (χ3v) is 3.37. The number of hydrogen-bond acceptors (Lipinski definition) is 3. The van der Waals surface area contributed by atoms with Crippen LogP contribution in [0.1, 0.15) is 5.56 Å². The van der Waals surface area contributed by atoms with Gasteiger partial charge in [0.15, 0.2) is 0 Å². The lowest BCUT2D eigenvalue weighted by Crippen LogP contribution is -1.90. The van der Waals surface area contributed by atoms with Crippen molar-refractivity contribution in [3.63, 3.8) is 0 Å². The van der Waals surface area contributed by atoms with E-state index in [0.29, 0.717) is 0 Å². The van der Waals surface area contributed by atoms with Gasteiger partial charge >= 0.3 is 0 Å². The second-order valence-corrected chi connectivity index (χ2v) is 4.89. The Morgan fingerprint density at radius 2 is 1.52 bits per heavy atom. The van der Waals surface area contributed by atoms with Crippen molar-refractivity contribution < 1.29 is 4.74 Å². The SMILES string of the molecule is COc1ccc(-c2cc(-c3cccc(C)c3)ncn2)cc1. The second-order valence-electron chi connectivity index (χ2n) is 4.89. The van der Waals surface area contributed by atoms with Gasteiger partial charge in [-0.15, -0.1) is 0 Å². The zero-order chi connectivity index (χ0) is 14.7. The molecule has 0 aliphatic rings. The number of aromatic nitrogens is 2. The van der Waals surface area contributed by atoms with Crippen LogP contribution in [0.25, 0.3) is 22.5 Å². The largest absolute Gasteiger partial charge is 0.497 e. The van der Waals surface area contributed by atoms with Crippen LogP contribution in [0.4, 0.5) is 0 Å². The van der Waals surface area contributed by atoms with Crippen molar-refractivity contribution in [2.75, 3.05) is 7.11 Å². The molecule has 3 aromatic rings. The minimum Gasteiger partial charge on any atom is -0.497 e. The number of methoxy groups -OCH3 is 1. The summed E-state index contributed by atoms with van der Waals surface area (Å²) in [6.07, 6.45) is 1.61. The van der Waals surface area contributed by atoms with Crippen LogP contribution in [-0.4, -0.2) is 17.1 Å². The Morgan fingerprint density at radius 3 is 2.19 bits per heavy atom. The molecule has 0 aliphatic carbocycles. The number of rotatable bonds is 3. The summed E-state index contributed by atoms with van der Waals surface area (Å²) in [6, 6.07) is 18.2. The van der Waals surface area contributed by atoms with Crippen LogP contribution in [0.15, 0.2) is 60.9 Å². The molecule has 0 N–H and O–H groups in total. The van der Waals surface area contributed by atoms with E-state index in [1.165, 1.54) is 5.56 Å². The lowest BCUT2D eigenvalue weighted by molar-refractivity contribution is 0.415. The highest BCUT2D eigenvalue weighted by atomic mass is 16.5. The number of nitrogens with zero attached hydrogens (tertiary/aromatic N) is 2. The average molecular weight is 276 g/mol. The first-order valence-electron chi connectivity index (χ1n) is 6.80. The minimum atomic E-state index is 0.840. The first kappa shape index (κ1) is 13.3. The fraction of sp³-hybridized carbons (Fsp3) is 0.111. The van der Waals surface area contributed by atoms with E-state index in [-0.39, 0.29) is 0 Å². The summed E-state index contributed by atoms with van der Waals surface area (Å²) in [5, 5.41) is 0. The number of benzene rings is 2. The summed E-state index contributed by atoms with van der Waals surface area (Å²) in [5.74, 6) is 0.840. The Bertz CT molecular complexity index is 751. The van der Waals surface area contributed by atoms with Crippen LogP contribution in [0.5, 0.6) is 5.75 Å².